The maximum absolute atomic E-state index is 12.0. The highest BCUT2D eigenvalue weighted by molar-refractivity contribution is 5.62. The van der Waals surface area contributed by atoms with E-state index < -0.39 is 5.60 Å². The molecule has 1 N–H and O–H groups in total. The van der Waals surface area contributed by atoms with Crippen LogP contribution in [0, 0.1) is 6.92 Å². The molecule has 2 nitrogen and oxygen atoms in total. The molecule has 0 aliphatic rings. The Morgan fingerprint density at radius 3 is 1.71 bits per heavy atom. The zero-order valence-electron chi connectivity index (χ0n) is 14.4. The van der Waals surface area contributed by atoms with E-state index in [4.69, 9.17) is 0 Å². The Morgan fingerprint density at radius 1 is 0.750 bits per heavy atom. The molecule has 0 heterocycles. The summed E-state index contributed by atoms with van der Waals surface area (Å²) in [5, 5.41) is 12.0. The first kappa shape index (κ1) is 16.3. The standard InChI is InChI=1S/C22H23NO/c1-17-14-15-21(23(2)3)20(16-17)22(24,18-10-6-4-7-11-18)19-12-8-5-9-13-19/h4-16,24H,1-3H3. The van der Waals surface area contributed by atoms with E-state index >= 15 is 0 Å². The minimum Gasteiger partial charge on any atom is -0.377 e. The molecule has 0 atom stereocenters. The van der Waals surface area contributed by atoms with Crippen molar-refractivity contribution in [2.24, 2.45) is 0 Å². The van der Waals surface area contributed by atoms with Crippen molar-refractivity contribution in [3.05, 3.63) is 101 Å². The number of benzene rings is 3. The van der Waals surface area contributed by atoms with Crippen LogP contribution < -0.4 is 4.90 Å². The van der Waals surface area contributed by atoms with Crippen LogP contribution in [-0.2, 0) is 5.60 Å². The second kappa shape index (κ2) is 6.50. The van der Waals surface area contributed by atoms with Crippen LogP contribution in [0.4, 0.5) is 5.69 Å². The Hall–Kier alpha value is -2.58. The quantitative estimate of drug-likeness (QED) is 0.723. The van der Waals surface area contributed by atoms with Gasteiger partial charge >= 0.3 is 0 Å². The van der Waals surface area contributed by atoms with E-state index in [1.165, 1.54) is 0 Å². The number of hydrogen-bond acceptors (Lipinski definition) is 2. The maximum Gasteiger partial charge on any atom is 0.142 e. The van der Waals surface area contributed by atoms with Crippen LogP contribution in [0.3, 0.4) is 0 Å². The number of nitrogens with zero attached hydrogens (tertiary/aromatic N) is 1. The minimum absolute atomic E-state index is 0.866. The normalized spacial score (nSPS) is 11.3. The van der Waals surface area contributed by atoms with E-state index in [2.05, 4.69) is 25.1 Å². The Kier molecular flexibility index (Phi) is 4.41. The molecule has 0 aliphatic carbocycles. The third kappa shape index (κ3) is 2.81. The number of aliphatic hydroxyl groups is 1. The summed E-state index contributed by atoms with van der Waals surface area (Å²) in [4.78, 5) is 2.05. The molecule has 3 rings (SSSR count). The first-order valence-electron chi connectivity index (χ1n) is 8.15. The van der Waals surface area contributed by atoms with Gasteiger partial charge in [-0.3, -0.25) is 0 Å². The molecule has 0 radical (unpaired) electrons. The van der Waals surface area contributed by atoms with Crippen LogP contribution in [-0.4, -0.2) is 19.2 Å². The SMILES string of the molecule is Cc1ccc(N(C)C)c(C(O)(c2ccccc2)c2ccccc2)c1. The van der Waals surface area contributed by atoms with E-state index in [9.17, 15) is 5.11 Å². The second-order valence-electron chi connectivity index (χ2n) is 6.36. The fourth-order valence-corrected chi connectivity index (χ4v) is 3.17. The van der Waals surface area contributed by atoms with Crippen LogP contribution >= 0.6 is 0 Å². The van der Waals surface area contributed by atoms with Crippen LogP contribution in [0.1, 0.15) is 22.3 Å². The van der Waals surface area contributed by atoms with Gasteiger partial charge in [0, 0.05) is 25.3 Å². The highest BCUT2D eigenvalue weighted by Crippen LogP contribution is 2.41. The van der Waals surface area contributed by atoms with Gasteiger partial charge in [0.25, 0.3) is 0 Å². The average Bonchev–Trinajstić information content (AvgIpc) is 2.62. The van der Waals surface area contributed by atoms with Crippen LogP contribution in [0.2, 0.25) is 0 Å². The van der Waals surface area contributed by atoms with Crippen molar-refractivity contribution in [2.45, 2.75) is 12.5 Å². The molecule has 0 bridgehead atoms. The fraction of sp³-hybridized carbons (Fsp3) is 0.182. The molecule has 0 fully saturated rings. The van der Waals surface area contributed by atoms with E-state index in [-0.39, 0.29) is 0 Å². The average molecular weight is 317 g/mol. The third-order valence-electron chi connectivity index (χ3n) is 4.41. The van der Waals surface area contributed by atoms with E-state index in [1.807, 2.05) is 79.7 Å². The highest BCUT2D eigenvalue weighted by Gasteiger charge is 2.36. The zero-order chi connectivity index (χ0) is 17.2. The Balaban J connectivity index is 2.34. The van der Waals surface area contributed by atoms with Crippen molar-refractivity contribution < 1.29 is 5.11 Å². The van der Waals surface area contributed by atoms with Crippen molar-refractivity contribution in [3.8, 4) is 0 Å². The minimum atomic E-state index is -1.20. The summed E-state index contributed by atoms with van der Waals surface area (Å²) >= 11 is 0. The first-order chi connectivity index (χ1) is 11.5. The van der Waals surface area contributed by atoms with Gasteiger partial charge in [0.15, 0.2) is 0 Å². The number of rotatable bonds is 4. The Bertz CT molecular complexity index is 770. The first-order valence-corrected chi connectivity index (χ1v) is 8.15. The smallest absolute Gasteiger partial charge is 0.142 e. The maximum atomic E-state index is 12.0. The number of anilines is 1. The van der Waals surface area contributed by atoms with Crippen molar-refractivity contribution >= 4 is 5.69 Å². The highest BCUT2D eigenvalue weighted by atomic mass is 16.3. The predicted molar refractivity (Wildman–Crippen MR) is 100 cm³/mol. The fourth-order valence-electron chi connectivity index (χ4n) is 3.17. The van der Waals surface area contributed by atoms with Crippen molar-refractivity contribution in [2.75, 3.05) is 19.0 Å². The molecule has 2 heteroatoms. The van der Waals surface area contributed by atoms with Gasteiger partial charge in [0.1, 0.15) is 5.60 Å². The lowest BCUT2D eigenvalue weighted by molar-refractivity contribution is 0.126. The molecule has 0 aliphatic heterocycles. The zero-order valence-corrected chi connectivity index (χ0v) is 14.4. The summed E-state index contributed by atoms with van der Waals surface area (Å²) < 4.78 is 0. The predicted octanol–water partition coefficient (Wildman–Crippen LogP) is 4.35. The molecule has 0 spiro atoms. The summed E-state index contributed by atoms with van der Waals surface area (Å²) in [7, 11) is 4.01. The van der Waals surface area contributed by atoms with Gasteiger partial charge in [-0.15, -0.1) is 0 Å². The van der Waals surface area contributed by atoms with E-state index in [1.54, 1.807) is 0 Å². The topological polar surface area (TPSA) is 23.5 Å². The molecule has 0 saturated carbocycles. The van der Waals surface area contributed by atoms with E-state index in [0.29, 0.717) is 0 Å². The summed E-state index contributed by atoms with van der Waals surface area (Å²) in [6.07, 6.45) is 0. The Labute approximate surface area is 144 Å². The molecule has 0 aromatic heterocycles. The molecule has 3 aromatic carbocycles. The van der Waals surface area contributed by atoms with Crippen molar-refractivity contribution in [1.29, 1.82) is 0 Å². The van der Waals surface area contributed by atoms with Gasteiger partial charge < -0.3 is 10.0 Å². The molecule has 0 unspecified atom stereocenters. The summed E-state index contributed by atoms with van der Waals surface area (Å²) in [5.74, 6) is 0. The van der Waals surface area contributed by atoms with Gasteiger partial charge in [-0.1, -0.05) is 78.4 Å². The summed E-state index contributed by atoms with van der Waals surface area (Å²) in [6, 6.07) is 26.0. The number of aryl methyl sites for hydroxylation is 1. The summed E-state index contributed by atoms with van der Waals surface area (Å²) in [5.41, 5.74) is 3.56. The van der Waals surface area contributed by atoms with Gasteiger partial charge in [0.05, 0.1) is 0 Å². The molecule has 122 valence electrons. The second-order valence-corrected chi connectivity index (χ2v) is 6.36. The molecular formula is C22H23NO. The van der Waals surface area contributed by atoms with Crippen LogP contribution in [0.15, 0.2) is 78.9 Å². The monoisotopic (exact) mass is 317 g/mol. The molecule has 0 saturated heterocycles. The van der Waals surface area contributed by atoms with Crippen molar-refractivity contribution in [1.82, 2.24) is 0 Å². The third-order valence-corrected chi connectivity index (χ3v) is 4.41. The number of hydrogen-bond donors (Lipinski definition) is 1. The van der Waals surface area contributed by atoms with Gasteiger partial charge in [-0.25, -0.2) is 0 Å². The molecule has 24 heavy (non-hydrogen) atoms. The van der Waals surface area contributed by atoms with Gasteiger partial charge in [-0.2, -0.15) is 0 Å². The Morgan fingerprint density at radius 2 is 1.25 bits per heavy atom. The lowest BCUT2D eigenvalue weighted by Gasteiger charge is -2.33. The van der Waals surface area contributed by atoms with E-state index in [0.717, 1.165) is 27.9 Å². The largest absolute Gasteiger partial charge is 0.377 e. The van der Waals surface area contributed by atoms with Gasteiger partial charge in [-0.05, 0) is 24.1 Å². The van der Waals surface area contributed by atoms with Crippen molar-refractivity contribution in [3.63, 3.8) is 0 Å². The molecule has 3 aromatic rings. The molecular weight excluding hydrogens is 294 g/mol. The van der Waals surface area contributed by atoms with Crippen LogP contribution in [0.25, 0.3) is 0 Å². The molecule has 0 amide bonds. The summed E-state index contributed by atoms with van der Waals surface area (Å²) in [6.45, 7) is 2.05. The lowest BCUT2D eigenvalue weighted by Crippen LogP contribution is -2.31. The lowest BCUT2D eigenvalue weighted by atomic mass is 9.79. The van der Waals surface area contributed by atoms with Gasteiger partial charge in [0.2, 0.25) is 0 Å². The van der Waals surface area contributed by atoms with Crippen LogP contribution in [0.5, 0.6) is 0 Å².